The van der Waals surface area contributed by atoms with E-state index in [1.54, 1.807) is 6.92 Å². The molecule has 1 saturated heterocycles. The summed E-state index contributed by atoms with van der Waals surface area (Å²) in [5.41, 5.74) is -1.89. The van der Waals surface area contributed by atoms with Crippen LogP contribution in [-0.2, 0) is 18.7 Å². The molecule has 10 nitrogen and oxygen atoms in total. The Bertz CT molecular complexity index is 615. The topological polar surface area (TPSA) is 150 Å². The van der Waals surface area contributed by atoms with Crippen LogP contribution in [0.25, 0.3) is 0 Å². The maximum atomic E-state index is 10.8. The third kappa shape index (κ3) is 5.31. The summed E-state index contributed by atoms with van der Waals surface area (Å²) < 4.78 is 22.7. The van der Waals surface area contributed by atoms with Gasteiger partial charge in [0.05, 0.1) is 31.0 Å². The van der Waals surface area contributed by atoms with Crippen LogP contribution in [0.2, 0.25) is 0 Å². The van der Waals surface area contributed by atoms with Crippen molar-refractivity contribution < 1.29 is 44.1 Å². The number of likely N-dealkylation sites (N-methyl/N-ethyl adjacent to an activating group) is 1. The lowest BCUT2D eigenvalue weighted by molar-refractivity contribution is -0.315. The van der Waals surface area contributed by atoms with Crippen LogP contribution in [0.1, 0.15) is 47.0 Å². The molecule has 7 atom stereocenters. The van der Waals surface area contributed by atoms with Crippen LogP contribution in [0.3, 0.4) is 0 Å². The SMILES string of the molecule is CCNCC(C)(O)C(C)(C)COC1OC(COCC23CC(OPO)(C2)C3)C(O)C(O)C1O. The number of nitrogens with one attached hydrogen (secondary N) is 1. The third-order valence-electron chi connectivity index (χ3n) is 7.50. The fourth-order valence-corrected chi connectivity index (χ4v) is 5.30. The smallest absolute Gasteiger partial charge is 0.186 e. The number of hydrogen-bond acceptors (Lipinski definition) is 10. The molecule has 3 aliphatic carbocycles. The second-order valence-corrected chi connectivity index (χ2v) is 11.1. The van der Waals surface area contributed by atoms with Crippen LogP contribution in [-0.4, -0.2) is 100 Å². The van der Waals surface area contributed by atoms with Crippen LogP contribution < -0.4 is 5.32 Å². The van der Waals surface area contributed by atoms with Crippen LogP contribution in [0.15, 0.2) is 0 Å². The van der Waals surface area contributed by atoms with Gasteiger partial charge in [-0.25, -0.2) is 0 Å². The minimum atomic E-state index is -1.44. The molecule has 6 N–H and O–H groups in total. The van der Waals surface area contributed by atoms with E-state index in [0.29, 0.717) is 13.2 Å². The summed E-state index contributed by atoms with van der Waals surface area (Å²) in [4.78, 5) is 8.96. The highest BCUT2D eigenvalue weighted by Gasteiger charge is 2.69. The monoisotopic (exact) mass is 481 g/mol. The highest BCUT2D eigenvalue weighted by atomic mass is 31.1. The molecule has 4 aliphatic rings. The first-order valence-electron chi connectivity index (χ1n) is 11.3. The summed E-state index contributed by atoms with van der Waals surface area (Å²) in [6.07, 6.45) is -3.67. The minimum Gasteiger partial charge on any atom is -0.388 e. The molecule has 2 bridgehead atoms. The van der Waals surface area contributed by atoms with Crippen LogP contribution in [0.4, 0.5) is 0 Å². The van der Waals surface area contributed by atoms with Crippen molar-refractivity contribution in [1.29, 1.82) is 0 Å². The standard InChI is InChI=1S/C21H40NO9P/c1-5-22-10-19(4,26)18(2,3)11-29-17-16(25)15(24)14(23)13(30-17)6-28-12-20-7-21(8-20,9-20)31-32-27/h13-17,22-27,32H,5-12H2,1-4H3. The molecule has 0 spiro atoms. The molecule has 4 fully saturated rings. The van der Waals surface area contributed by atoms with Crippen LogP contribution >= 0.6 is 9.03 Å². The first kappa shape index (κ1) is 26.6. The van der Waals surface area contributed by atoms with Crippen LogP contribution in [0, 0.1) is 10.8 Å². The van der Waals surface area contributed by atoms with E-state index in [1.165, 1.54) is 0 Å². The summed E-state index contributed by atoms with van der Waals surface area (Å²) in [5.74, 6) is 0. The van der Waals surface area contributed by atoms with Gasteiger partial charge in [-0.1, -0.05) is 20.8 Å². The van der Waals surface area contributed by atoms with Crippen molar-refractivity contribution in [3.05, 3.63) is 0 Å². The first-order chi connectivity index (χ1) is 14.9. The molecule has 0 amide bonds. The predicted octanol–water partition coefficient (Wildman–Crippen LogP) is -0.346. The Morgan fingerprint density at radius 1 is 1.09 bits per heavy atom. The lowest BCUT2D eigenvalue weighted by Crippen LogP contribution is -2.69. The number of aliphatic hydroxyl groups is 4. The molecule has 1 heterocycles. The van der Waals surface area contributed by atoms with Gasteiger partial charge in [0.25, 0.3) is 0 Å². The molecule has 0 aromatic heterocycles. The zero-order chi connectivity index (χ0) is 23.8. The first-order valence-corrected chi connectivity index (χ1v) is 12.1. The molecule has 4 rings (SSSR count). The van der Waals surface area contributed by atoms with Crippen molar-refractivity contribution in [2.75, 3.05) is 32.9 Å². The molecule has 0 radical (unpaired) electrons. The summed E-state index contributed by atoms with van der Waals surface area (Å²) in [6.45, 7) is 9.06. The molecule has 1 aliphatic heterocycles. The maximum absolute atomic E-state index is 10.8. The van der Waals surface area contributed by atoms with Gasteiger partial charge in [0.15, 0.2) is 15.3 Å². The summed E-state index contributed by atoms with van der Waals surface area (Å²) in [5, 5.41) is 44.9. The second kappa shape index (κ2) is 9.95. The van der Waals surface area contributed by atoms with E-state index in [0.717, 1.165) is 25.8 Å². The number of rotatable bonds is 13. The minimum absolute atomic E-state index is 0.0453. The van der Waals surface area contributed by atoms with E-state index in [9.17, 15) is 20.4 Å². The van der Waals surface area contributed by atoms with Crippen LogP contribution in [0.5, 0.6) is 0 Å². The van der Waals surface area contributed by atoms with Gasteiger partial charge in [-0.05, 0) is 32.7 Å². The summed E-state index contributed by atoms with van der Waals surface area (Å²) in [6, 6.07) is 0. The van der Waals surface area contributed by atoms with Crippen molar-refractivity contribution in [2.45, 2.75) is 88.9 Å². The van der Waals surface area contributed by atoms with Gasteiger partial charge < -0.3 is 49.4 Å². The molecule has 0 aromatic carbocycles. The largest absolute Gasteiger partial charge is 0.388 e. The Kier molecular flexibility index (Phi) is 8.28. The quantitative estimate of drug-likeness (QED) is 0.193. The summed E-state index contributed by atoms with van der Waals surface area (Å²) >= 11 is 0. The number of aliphatic hydroxyl groups excluding tert-OH is 3. The highest BCUT2D eigenvalue weighted by molar-refractivity contribution is 7.25. The highest BCUT2D eigenvalue weighted by Crippen LogP contribution is 2.70. The van der Waals surface area contributed by atoms with Crippen molar-refractivity contribution >= 4 is 9.03 Å². The van der Waals surface area contributed by atoms with E-state index < -0.39 is 50.8 Å². The lowest BCUT2D eigenvalue weighted by atomic mass is 9.41. The van der Waals surface area contributed by atoms with Gasteiger partial charge in [0.1, 0.15) is 24.4 Å². The second-order valence-electron chi connectivity index (χ2n) is 10.7. The van der Waals surface area contributed by atoms with Gasteiger partial charge in [-0.3, -0.25) is 0 Å². The fourth-order valence-electron chi connectivity index (χ4n) is 4.89. The Hall–Kier alpha value is 0.0300. The van der Waals surface area contributed by atoms with Gasteiger partial charge in [-0.15, -0.1) is 0 Å². The molecule has 188 valence electrons. The molecule has 3 saturated carbocycles. The van der Waals surface area contributed by atoms with Crippen molar-refractivity contribution in [3.63, 3.8) is 0 Å². The van der Waals surface area contributed by atoms with Crippen molar-refractivity contribution in [3.8, 4) is 0 Å². The van der Waals surface area contributed by atoms with Gasteiger partial charge >= 0.3 is 0 Å². The van der Waals surface area contributed by atoms with Crippen molar-refractivity contribution in [1.82, 2.24) is 5.32 Å². The fraction of sp³-hybridized carbons (Fsp3) is 1.00. The predicted molar refractivity (Wildman–Crippen MR) is 117 cm³/mol. The molecular weight excluding hydrogens is 441 g/mol. The molecule has 0 aromatic rings. The molecule has 32 heavy (non-hydrogen) atoms. The summed E-state index contributed by atoms with van der Waals surface area (Å²) in [7, 11) is -0.502. The van der Waals surface area contributed by atoms with E-state index in [1.807, 2.05) is 20.8 Å². The average Bonchev–Trinajstić information content (AvgIpc) is 2.68. The molecule has 7 unspecified atom stereocenters. The Balaban J connectivity index is 1.48. The average molecular weight is 482 g/mol. The zero-order valence-corrected chi connectivity index (χ0v) is 20.4. The van der Waals surface area contributed by atoms with Gasteiger partial charge in [-0.2, -0.15) is 0 Å². The lowest BCUT2D eigenvalue weighted by Gasteiger charge is -2.69. The number of ether oxygens (including phenoxy) is 3. The van der Waals surface area contributed by atoms with E-state index in [-0.39, 0.29) is 24.2 Å². The maximum Gasteiger partial charge on any atom is 0.186 e. The molecule has 11 heteroatoms. The van der Waals surface area contributed by atoms with E-state index in [2.05, 4.69) is 5.32 Å². The zero-order valence-electron chi connectivity index (χ0n) is 19.4. The Morgan fingerprint density at radius 3 is 2.34 bits per heavy atom. The number of hydrogen-bond donors (Lipinski definition) is 6. The van der Waals surface area contributed by atoms with Crippen molar-refractivity contribution in [2.24, 2.45) is 10.8 Å². The third-order valence-corrected chi connectivity index (χ3v) is 8.02. The normalized spacial score (nSPS) is 41.3. The van der Waals surface area contributed by atoms with Gasteiger partial charge in [0.2, 0.25) is 0 Å². The van der Waals surface area contributed by atoms with E-state index >= 15 is 0 Å². The molecular formula is C21H40NO9P. The van der Waals surface area contributed by atoms with E-state index in [4.69, 9.17) is 23.6 Å². The Labute approximate surface area is 191 Å². The Morgan fingerprint density at radius 2 is 1.75 bits per heavy atom. The van der Waals surface area contributed by atoms with Gasteiger partial charge in [0, 0.05) is 17.4 Å².